The first-order chi connectivity index (χ1) is 11.5. The molecule has 1 unspecified atom stereocenters. The highest BCUT2D eigenvalue weighted by Gasteiger charge is 2.38. The number of para-hydroxylation sites is 2. The van der Waals surface area contributed by atoms with E-state index in [9.17, 15) is 14.7 Å². The van der Waals surface area contributed by atoms with Gasteiger partial charge in [-0.15, -0.1) is 0 Å². The second-order valence-electron chi connectivity index (χ2n) is 6.29. The van der Waals surface area contributed by atoms with Crippen LogP contribution < -0.4 is 5.32 Å². The first kappa shape index (κ1) is 16.1. The van der Waals surface area contributed by atoms with Gasteiger partial charge in [-0.1, -0.05) is 44.2 Å². The van der Waals surface area contributed by atoms with Crippen LogP contribution in [0.1, 0.15) is 29.8 Å². The number of hydrogen-bond acceptors (Lipinski definition) is 3. The molecule has 2 aromatic carbocycles. The number of fused-ring (bicyclic) bond motifs is 1. The van der Waals surface area contributed by atoms with Crippen LogP contribution in [0.4, 0.5) is 5.69 Å². The van der Waals surface area contributed by atoms with Gasteiger partial charge in [-0.2, -0.15) is 0 Å². The van der Waals surface area contributed by atoms with E-state index in [1.54, 1.807) is 29.2 Å². The van der Waals surface area contributed by atoms with Crippen LogP contribution in [-0.2, 0) is 11.3 Å². The molecule has 24 heavy (non-hydrogen) atoms. The minimum atomic E-state index is -0.607. The van der Waals surface area contributed by atoms with E-state index in [-0.39, 0.29) is 23.5 Å². The molecule has 2 amide bonds. The lowest BCUT2D eigenvalue weighted by molar-refractivity contribution is -0.122. The summed E-state index contributed by atoms with van der Waals surface area (Å²) < 4.78 is 0. The van der Waals surface area contributed by atoms with Gasteiger partial charge in [0.05, 0.1) is 5.69 Å². The Kier molecular flexibility index (Phi) is 4.25. The fourth-order valence-corrected chi connectivity index (χ4v) is 3.09. The smallest absolute Gasteiger partial charge is 0.255 e. The molecule has 0 aliphatic carbocycles. The Morgan fingerprint density at radius 2 is 1.79 bits per heavy atom. The molecule has 0 fully saturated rings. The Hall–Kier alpha value is -2.82. The van der Waals surface area contributed by atoms with Gasteiger partial charge in [-0.25, -0.2) is 0 Å². The standard InChI is InChI=1S/C19H20N2O3/c1-12(2)17(18(23)20-15-9-5-6-10-16(15)22)21-11-13-7-3-4-8-14(13)19(21)24/h3-10,12,17,22H,11H2,1-2H3,(H,20,23). The van der Waals surface area contributed by atoms with Crippen LogP contribution in [0.25, 0.3) is 0 Å². The Morgan fingerprint density at radius 3 is 2.46 bits per heavy atom. The number of anilines is 1. The molecule has 1 atom stereocenters. The van der Waals surface area contributed by atoms with Crippen molar-refractivity contribution in [3.8, 4) is 5.75 Å². The van der Waals surface area contributed by atoms with E-state index >= 15 is 0 Å². The molecule has 2 aromatic rings. The van der Waals surface area contributed by atoms with E-state index in [4.69, 9.17) is 0 Å². The zero-order valence-electron chi connectivity index (χ0n) is 13.7. The highest BCUT2D eigenvalue weighted by molar-refractivity contribution is 6.04. The van der Waals surface area contributed by atoms with Crippen LogP contribution in [-0.4, -0.2) is 27.9 Å². The number of carbonyl (C=O) groups is 2. The quantitative estimate of drug-likeness (QED) is 0.849. The minimum Gasteiger partial charge on any atom is -0.506 e. The second kappa shape index (κ2) is 6.35. The number of rotatable bonds is 4. The van der Waals surface area contributed by atoms with Crippen LogP contribution in [0, 0.1) is 5.92 Å². The molecule has 0 aromatic heterocycles. The normalized spacial score (nSPS) is 14.6. The summed E-state index contributed by atoms with van der Waals surface area (Å²) in [5.74, 6) is -0.483. The topological polar surface area (TPSA) is 69.6 Å². The highest BCUT2D eigenvalue weighted by atomic mass is 16.3. The van der Waals surface area contributed by atoms with E-state index < -0.39 is 6.04 Å². The molecule has 1 aliphatic rings. The Balaban J connectivity index is 1.85. The average Bonchev–Trinajstić information content (AvgIpc) is 2.87. The van der Waals surface area contributed by atoms with Crippen LogP contribution >= 0.6 is 0 Å². The van der Waals surface area contributed by atoms with Gasteiger partial charge >= 0.3 is 0 Å². The molecule has 3 rings (SSSR count). The third-order valence-corrected chi connectivity index (χ3v) is 4.25. The van der Waals surface area contributed by atoms with Gasteiger partial charge in [0, 0.05) is 12.1 Å². The molecular formula is C19H20N2O3. The maximum atomic E-state index is 12.8. The lowest BCUT2D eigenvalue weighted by Crippen LogP contribution is -2.47. The molecular weight excluding hydrogens is 304 g/mol. The summed E-state index contributed by atoms with van der Waals surface area (Å²) in [6.45, 7) is 4.24. The second-order valence-corrected chi connectivity index (χ2v) is 6.29. The SMILES string of the molecule is CC(C)C(C(=O)Nc1ccccc1O)N1Cc2ccccc2C1=O. The molecule has 0 saturated heterocycles. The number of phenolic OH excluding ortho intramolecular Hbond substituents is 1. The summed E-state index contributed by atoms with van der Waals surface area (Å²) in [6.07, 6.45) is 0. The summed E-state index contributed by atoms with van der Waals surface area (Å²) in [5, 5.41) is 12.6. The number of nitrogens with one attached hydrogen (secondary N) is 1. The summed E-state index contributed by atoms with van der Waals surface area (Å²) in [4.78, 5) is 27.0. The third-order valence-electron chi connectivity index (χ3n) is 4.25. The summed E-state index contributed by atoms with van der Waals surface area (Å²) in [5.41, 5.74) is 1.93. The molecule has 1 aliphatic heterocycles. The first-order valence-electron chi connectivity index (χ1n) is 7.96. The van der Waals surface area contributed by atoms with Gasteiger partial charge in [0.15, 0.2) is 0 Å². The lowest BCUT2D eigenvalue weighted by Gasteiger charge is -2.30. The number of nitrogens with zero attached hydrogens (tertiary/aromatic N) is 1. The molecule has 5 nitrogen and oxygen atoms in total. The first-order valence-corrected chi connectivity index (χ1v) is 7.96. The fourth-order valence-electron chi connectivity index (χ4n) is 3.09. The summed E-state index contributed by atoms with van der Waals surface area (Å²) >= 11 is 0. The van der Waals surface area contributed by atoms with Crippen LogP contribution in [0.2, 0.25) is 0 Å². The van der Waals surface area contributed by atoms with Crippen molar-refractivity contribution < 1.29 is 14.7 Å². The monoisotopic (exact) mass is 324 g/mol. The number of benzene rings is 2. The largest absolute Gasteiger partial charge is 0.506 e. The summed E-state index contributed by atoms with van der Waals surface area (Å²) in [6, 6.07) is 13.4. The highest BCUT2D eigenvalue weighted by Crippen LogP contribution is 2.28. The molecule has 124 valence electrons. The molecule has 5 heteroatoms. The van der Waals surface area contributed by atoms with Crippen LogP contribution in [0.15, 0.2) is 48.5 Å². The predicted molar refractivity (Wildman–Crippen MR) is 91.7 cm³/mol. The number of aromatic hydroxyl groups is 1. The third kappa shape index (κ3) is 2.85. The lowest BCUT2D eigenvalue weighted by atomic mass is 10.0. The molecule has 0 saturated carbocycles. The van der Waals surface area contributed by atoms with Crippen molar-refractivity contribution in [2.24, 2.45) is 5.92 Å². The van der Waals surface area contributed by atoms with E-state index in [1.165, 1.54) is 6.07 Å². The van der Waals surface area contributed by atoms with Crippen molar-refractivity contribution >= 4 is 17.5 Å². The molecule has 1 heterocycles. The molecule has 0 bridgehead atoms. The van der Waals surface area contributed by atoms with Gasteiger partial charge in [0.2, 0.25) is 5.91 Å². The van der Waals surface area contributed by atoms with Crippen molar-refractivity contribution in [3.05, 3.63) is 59.7 Å². The Bertz CT molecular complexity index is 786. The van der Waals surface area contributed by atoms with Crippen molar-refractivity contribution in [2.75, 3.05) is 5.32 Å². The average molecular weight is 324 g/mol. The van der Waals surface area contributed by atoms with Crippen LogP contribution in [0.3, 0.4) is 0 Å². The van der Waals surface area contributed by atoms with Crippen molar-refractivity contribution in [3.63, 3.8) is 0 Å². The van der Waals surface area contributed by atoms with E-state index in [0.29, 0.717) is 17.8 Å². The van der Waals surface area contributed by atoms with Gasteiger partial charge < -0.3 is 15.3 Å². The van der Waals surface area contributed by atoms with E-state index in [1.807, 2.05) is 32.0 Å². The fraction of sp³-hybridized carbons (Fsp3) is 0.263. The molecule has 0 radical (unpaired) electrons. The zero-order chi connectivity index (χ0) is 17.3. The zero-order valence-corrected chi connectivity index (χ0v) is 13.7. The van der Waals surface area contributed by atoms with Gasteiger partial charge in [0.1, 0.15) is 11.8 Å². The van der Waals surface area contributed by atoms with Crippen molar-refractivity contribution in [1.82, 2.24) is 4.90 Å². The number of amides is 2. The number of phenols is 1. The van der Waals surface area contributed by atoms with Gasteiger partial charge in [-0.05, 0) is 29.7 Å². The number of hydrogen-bond donors (Lipinski definition) is 2. The van der Waals surface area contributed by atoms with E-state index in [2.05, 4.69) is 5.32 Å². The number of carbonyl (C=O) groups excluding carboxylic acids is 2. The van der Waals surface area contributed by atoms with Gasteiger partial charge in [-0.3, -0.25) is 9.59 Å². The van der Waals surface area contributed by atoms with Crippen molar-refractivity contribution in [1.29, 1.82) is 0 Å². The maximum absolute atomic E-state index is 12.8. The van der Waals surface area contributed by atoms with Gasteiger partial charge in [0.25, 0.3) is 5.91 Å². The maximum Gasteiger partial charge on any atom is 0.255 e. The van der Waals surface area contributed by atoms with E-state index in [0.717, 1.165) is 5.56 Å². The molecule has 2 N–H and O–H groups in total. The van der Waals surface area contributed by atoms with Crippen LogP contribution in [0.5, 0.6) is 5.75 Å². The Morgan fingerprint density at radius 1 is 1.12 bits per heavy atom. The predicted octanol–water partition coefficient (Wildman–Crippen LogP) is 3.01. The minimum absolute atomic E-state index is 0.00407. The molecule has 0 spiro atoms. The summed E-state index contributed by atoms with van der Waals surface area (Å²) in [7, 11) is 0. The Labute approximate surface area is 140 Å². The van der Waals surface area contributed by atoms with Crippen molar-refractivity contribution in [2.45, 2.75) is 26.4 Å².